The summed E-state index contributed by atoms with van der Waals surface area (Å²) in [5, 5.41) is 3.49. The van der Waals surface area contributed by atoms with Crippen LogP contribution in [0.25, 0.3) is 6.08 Å². The highest BCUT2D eigenvalue weighted by molar-refractivity contribution is 7.80. The third kappa shape index (κ3) is 5.51. The summed E-state index contributed by atoms with van der Waals surface area (Å²) in [6.07, 6.45) is 1.83. The molecule has 3 rings (SSSR count). The third-order valence-electron chi connectivity index (χ3n) is 4.48. The van der Waals surface area contributed by atoms with Gasteiger partial charge in [-0.3, -0.25) is 14.6 Å². The molecule has 1 amide bonds. The van der Waals surface area contributed by atoms with Crippen LogP contribution >= 0.6 is 12.2 Å². The topological polar surface area (TPSA) is 54.0 Å². The van der Waals surface area contributed by atoms with Gasteiger partial charge in [0.25, 0.3) is 5.91 Å². The van der Waals surface area contributed by atoms with Gasteiger partial charge in [0.1, 0.15) is 18.1 Å². The zero-order valence-corrected chi connectivity index (χ0v) is 16.8. The number of hydrogen-bond donors (Lipinski definition) is 1. The fourth-order valence-electron chi connectivity index (χ4n) is 3.05. The van der Waals surface area contributed by atoms with Crippen LogP contribution in [0.2, 0.25) is 0 Å². The summed E-state index contributed by atoms with van der Waals surface area (Å²) in [6.45, 7) is 9.83. The number of ether oxygens (including phenoxy) is 2. The number of amides is 1. The van der Waals surface area contributed by atoms with E-state index in [1.54, 1.807) is 4.90 Å². The molecule has 146 valence electrons. The molecule has 2 heterocycles. The van der Waals surface area contributed by atoms with E-state index in [2.05, 4.69) is 24.1 Å². The van der Waals surface area contributed by atoms with Crippen molar-refractivity contribution in [3.8, 4) is 5.75 Å². The standard InChI is InChI=1S/C20H27N3O3S/c1-15(2)14-23-19(24)18(21-20(23)27)13-16-3-5-17(6-4-16)26-12-9-22-7-10-25-11-8-22/h3-6,13,15H,7-12,14H2,1-2H3,(H,21,27)/b18-13+. The van der Waals surface area contributed by atoms with Crippen LogP contribution in [0.1, 0.15) is 19.4 Å². The lowest BCUT2D eigenvalue weighted by Crippen LogP contribution is -2.38. The van der Waals surface area contributed by atoms with E-state index in [1.807, 2.05) is 30.3 Å². The fraction of sp³-hybridized carbons (Fsp3) is 0.500. The molecule has 2 aliphatic heterocycles. The molecule has 1 aromatic carbocycles. The number of thiocarbonyl (C=S) groups is 1. The molecule has 7 heteroatoms. The van der Waals surface area contributed by atoms with Crippen molar-refractivity contribution >= 4 is 29.3 Å². The molecule has 0 bridgehead atoms. The van der Waals surface area contributed by atoms with Crippen molar-refractivity contribution < 1.29 is 14.3 Å². The van der Waals surface area contributed by atoms with E-state index in [-0.39, 0.29) is 5.91 Å². The SMILES string of the molecule is CC(C)CN1C(=O)/C(=C\c2ccc(OCCN3CCOCC3)cc2)NC1=S. The van der Waals surface area contributed by atoms with Gasteiger partial charge in [-0.1, -0.05) is 26.0 Å². The van der Waals surface area contributed by atoms with E-state index in [4.69, 9.17) is 21.7 Å². The van der Waals surface area contributed by atoms with Crippen LogP contribution in [0.3, 0.4) is 0 Å². The number of morpholine rings is 1. The van der Waals surface area contributed by atoms with Gasteiger partial charge in [0.2, 0.25) is 0 Å². The minimum absolute atomic E-state index is 0.0699. The first-order chi connectivity index (χ1) is 13.0. The summed E-state index contributed by atoms with van der Waals surface area (Å²) in [4.78, 5) is 16.4. The Morgan fingerprint density at radius 3 is 2.63 bits per heavy atom. The summed E-state index contributed by atoms with van der Waals surface area (Å²) >= 11 is 5.27. The first-order valence-electron chi connectivity index (χ1n) is 9.40. The molecule has 2 saturated heterocycles. The molecule has 0 aliphatic carbocycles. The minimum atomic E-state index is -0.0699. The number of hydrogen-bond acceptors (Lipinski definition) is 5. The Morgan fingerprint density at radius 1 is 1.26 bits per heavy atom. The number of nitrogens with zero attached hydrogens (tertiary/aromatic N) is 2. The maximum Gasteiger partial charge on any atom is 0.276 e. The molecule has 0 aromatic heterocycles. The molecule has 0 atom stereocenters. The number of carbonyl (C=O) groups is 1. The number of rotatable bonds is 7. The molecular weight excluding hydrogens is 362 g/mol. The minimum Gasteiger partial charge on any atom is -0.492 e. The average molecular weight is 390 g/mol. The number of benzene rings is 1. The number of nitrogens with one attached hydrogen (secondary N) is 1. The van der Waals surface area contributed by atoms with Crippen molar-refractivity contribution in [3.63, 3.8) is 0 Å². The van der Waals surface area contributed by atoms with Crippen LogP contribution in [0, 0.1) is 5.92 Å². The predicted octanol–water partition coefficient (Wildman–Crippen LogP) is 2.11. The Labute approximate surface area is 166 Å². The highest BCUT2D eigenvalue weighted by atomic mass is 32.1. The van der Waals surface area contributed by atoms with Gasteiger partial charge in [0, 0.05) is 26.2 Å². The molecule has 27 heavy (non-hydrogen) atoms. The maximum atomic E-state index is 12.5. The summed E-state index contributed by atoms with van der Waals surface area (Å²) in [7, 11) is 0. The van der Waals surface area contributed by atoms with Crippen molar-refractivity contribution in [2.75, 3.05) is 46.0 Å². The van der Waals surface area contributed by atoms with Gasteiger partial charge in [-0.15, -0.1) is 0 Å². The van der Waals surface area contributed by atoms with E-state index < -0.39 is 0 Å². The van der Waals surface area contributed by atoms with Crippen LogP contribution in [-0.4, -0.2) is 66.8 Å². The van der Waals surface area contributed by atoms with Crippen molar-refractivity contribution in [1.82, 2.24) is 15.1 Å². The smallest absolute Gasteiger partial charge is 0.276 e. The van der Waals surface area contributed by atoms with Crippen LogP contribution < -0.4 is 10.1 Å². The van der Waals surface area contributed by atoms with Gasteiger partial charge in [0.15, 0.2) is 5.11 Å². The zero-order valence-electron chi connectivity index (χ0n) is 15.9. The third-order valence-corrected chi connectivity index (χ3v) is 4.80. The Bertz CT molecular complexity index is 697. The Morgan fingerprint density at radius 2 is 1.96 bits per heavy atom. The van der Waals surface area contributed by atoms with Gasteiger partial charge < -0.3 is 14.8 Å². The maximum absolute atomic E-state index is 12.5. The van der Waals surface area contributed by atoms with Crippen LogP contribution in [-0.2, 0) is 9.53 Å². The second-order valence-corrected chi connectivity index (χ2v) is 7.56. The van der Waals surface area contributed by atoms with E-state index in [9.17, 15) is 4.79 Å². The molecule has 1 N–H and O–H groups in total. The number of carbonyl (C=O) groups excluding carboxylic acids is 1. The van der Waals surface area contributed by atoms with Crippen LogP contribution in [0.4, 0.5) is 0 Å². The summed E-state index contributed by atoms with van der Waals surface area (Å²) in [5.74, 6) is 1.12. The van der Waals surface area contributed by atoms with Gasteiger partial charge in [-0.25, -0.2) is 0 Å². The molecule has 0 saturated carbocycles. The van der Waals surface area contributed by atoms with Crippen molar-refractivity contribution in [1.29, 1.82) is 0 Å². The van der Waals surface area contributed by atoms with Gasteiger partial charge in [0.05, 0.1) is 13.2 Å². The van der Waals surface area contributed by atoms with Gasteiger partial charge >= 0.3 is 0 Å². The normalized spacial score (nSPS) is 19.8. The molecule has 6 nitrogen and oxygen atoms in total. The molecule has 0 radical (unpaired) electrons. The molecule has 0 spiro atoms. The Balaban J connectivity index is 1.53. The van der Waals surface area contributed by atoms with E-state index >= 15 is 0 Å². The Hall–Kier alpha value is -1.96. The highest BCUT2D eigenvalue weighted by Crippen LogP contribution is 2.18. The lowest BCUT2D eigenvalue weighted by atomic mass is 10.1. The molecule has 1 aromatic rings. The summed E-state index contributed by atoms with van der Waals surface area (Å²) < 4.78 is 11.2. The van der Waals surface area contributed by atoms with E-state index in [0.717, 1.165) is 44.2 Å². The molecular formula is C20H27N3O3S. The largest absolute Gasteiger partial charge is 0.492 e. The predicted molar refractivity (Wildman–Crippen MR) is 109 cm³/mol. The second-order valence-electron chi connectivity index (χ2n) is 7.17. The summed E-state index contributed by atoms with van der Waals surface area (Å²) in [5.41, 5.74) is 1.45. The average Bonchev–Trinajstić information content (AvgIpc) is 2.91. The highest BCUT2D eigenvalue weighted by Gasteiger charge is 2.30. The molecule has 2 aliphatic rings. The van der Waals surface area contributed by atoms with Gasteiger partial charge in [-0.05, 0) is 41.9 Å². The van der Waals surface area contributed by atoms with Gasteiger partial charge in [-0.2, -0.15) is 0 Å². The summed E-state index contributed by atoms with van der Waals surface area (Å²) in [6, 6.07) is 7.74. The molecule has 0 unspecified atom stereocenters. The Kier molecular flexibility index (Phi) is 6.82. The van der Waals surface area contributed by atoms with Crippen LogP contribution in [0.5, 0.6) is 5.75 Å². The lowest BCUT2D eigenvalue weighted by Gasteiger charge is -2.26. The fourth-order valence-corrected chi connectivity index (χ4v) is 3.31. The zero-order chi connectivity index (χ0) is 19.2. The quantitative estimate of drug-likeness (QED) is 0.569. The van der Waals surface area contributed by atoms with Crippen LogP contribution in [0.15, 0.2) is 30.0 Å². The van der Waals surface area contributed by atoms with Crippen molar-refractivity contribution in [3.05, 3.63) is 35.5 Å². The second kappa shape index (κ2) is 9.30. The first kappa shape index (κ1) is 19.8. The molecule has 2 fully saturated rings. The van der Waals surface area contributed by atoms with Crippen molar-refractivity contribution in [2.24, 2.45) is 5.92 Å². The first-order valence-corrected chi connectivity index (χ1v) is 9.81. The monoisotopic (exact) mass is 389 g/mol. The van der Waals surface area contributed by atoms with Crippen molar-refractivity contribution in [2.45, 2.75) is 13.8 Å². The van der Waals surface area contributed by atoms with E-state index in [0.29, 0.717) is 29.9 Å². The lowest BCUT2D eigenvalue weighted by molar-refractivity contribution is -0.122. The van der Waals surface area contributed by atoms with E-state index in [1.165, 1.54) is 0 Å².